The van der Waals surface area contributed by atoms with Crippen LogP contribution >= 0.6 is 23.2 Å². The largest absolute Gasteiger partial charge is 0.349 e. The molecule has 0 aliphatic heterocycles. The third-order valence-electron chi connectivity index (χ3n) is 5.38. The van der Waals surface area contributed by atoms with Gasteiger partial charge in [-0.1, -0.05) is 60.8 Å². The Labute approximate surface area is 197 Å². The first kappa shape index (κ1) is 22.3. The Morgan fingerprint density at radius 2 is 1.91 bits per heavy atom. The summed E-state index contributed by atoms with van der Waals surface area (Å²) in [5.41, 5.74) is 3.52. The molecule has 1 N–H and O–H groups in total. The van der Waals surface area contributed by atoms with Crippen molar-refractivity contribution in [2.45, 2.75) is 38.8 Å². The number of para-hydroxylation sites is 2. The van der Waals surface area contributed by atoms with Crippen LogP contribution in [-0.2, 0) is 17.8 Å². The molecule has 0 aliphatic rings. The smallest absolute Gasteiger partial charge is 0.243 e. The fraction of sp³-hybridized carbons (Fsp3) is 0.240. The zero-order valence-electron chi connectivity index (χ0n) is 17.8. The molecule has 0 saturated heterocycles. The van der Waals surface area contributed by atoms with Crippen LogP contribution in [0.5, 0.6) is 0 Å². The topological polar surface area (TPSA) is 59.8 Å². The Morgan fingerprint density at radius 1 is 1.09 bits per heavy atom. The van der Waals surface area contributed by atoms with E-state index in [2.05, 4.69) is 21.8 Å². The summed E-state index contributed by atoms with van der Waals surface area (Å²) in [5.74, 6) is 0.742. The van der Waals surface area contributed by atoms with Crippen molar-refractivity contribution in [2.75, 3.05) is 0 Å². The lowest BCUT2D eigenvalue weighted by Gasteiger charge is -2.21. The monoisotopic (exact) mass is 466 g/mol. The van der Waals surface area contributed by atoms with Gasteiger partial charge < -0.3 is 9.88 Å². The van der Waals surface area contributed by atoms with Gasteiger partial charge in [-0.15, -0.1) is 0 Å². The molecule has 1 amide bonds. The molecule has 1 atom stereocenters. The first-order chi connectivity index (χ1) is 15.6. The Bertz CT molecular complexity index is 1220. The highest BCUT2D eigenvalue weighted by atomic mass is 35.5. The van der Waals surface area contributed by atoms with Gasteiger partial charge in [0.1, 0.15) is 11.9 Å². The number of aromatic nitrogens is 3. The van der Waals surface area contributed by atoms with E-state index in [0.717, 1.165) is 34.5 Å². The zero-order valence-corrected chi connectivity index (χ0v) is 19.3. The van der Waals surface area contributed by atoms with E-state index < -0.39 is 6.04 Å². The first-order valence-electron chi connectivity index (χ1n) is 10.6. The average molecular weight is 467 g/mol. The second-order valence-corrected chi connectivity index (χ2v) is 8.49. The van der Waals surface area contributed by atoms with Crippen LogP contribution in [0.15, 0.2) is 66.9 Å². The zero-order chi connectivity index (χ0) is 22.5. The van der Waals surface area contributed by atoms with Gasteiger partial charge in [-0.3, -0.25) is 9.78 Å². The summed E-state index contributed by atoms with van der Waals surface area (Å²) in [6.45, 7) is 2.46. The molecule has 1 unspecified atom stereocenters. The predicted octanol–water partition coefficient (Wildman–Crippen LogP) is 5.99. The minimum Gasteiger partial charge on any atom is -0.349 e. The summed E-state index contributed by atoms with van der Waals surface area (Å²) >= 11 is 12.5. The van der Waals surface area contributed by atoms with Crippen LogP contribution < -0.4 is 5.32 Å². The van der Waals surface area contributed by atoms with Gasteiger partial charge >= 0.3 is 0 Å². The minimum absolute atomic E-state index is 0.0518. The molecule has 5 nitrogen and oxygen atoms in total. The number of nitrogens with zero attached hydrogens (tertiary/aromatic N) is 3. The van der Waals surface area contributed by atoms with Crippen molar-refractivity contribution in [3.8, 4) is 0 Å². The number of nitrogens with one attached hydrogen (secondary N) is 1. The summed E-state index contributed by atoms with van der Waals surface area (Å²) in [5, 5.41) is 4.23. The van der Waals surface area contributed by atoms with Crippen LogP contribution in [0.25, 0.3) is 11.0 Å². The Kier molecular flexibility index (Phi) is 7.08. The number of benzene rings is 2. The van der Waals surface area contributed by atoms with Crippen LogP contribution in [0.4, 0.5) is 0 Å². The first-order valence-corrected chi connectivity index (χ1v) is 11.4. The molecule has 164 valence electrons. The molecule has 4 aromatic rings. The van der Waals surface area contributed by atoms with Crippen LogP contribution in [0.2, 0.25) is 10.0 Å². The van der Waals surface area contributed by atoms with Crippen molar-refractivity contribution in [1.82, 2.24) is 19.9 Å². The van der Waals surface area contributed by atoms with Crippen LogP contribution in [0.3, 0.4) is 0 Å². The molecule has 0 spiro atoms. The third kappa shape index (κ3) is 4.95. The Morgan fingerprint density at radius 3 is 2.66 bits per heavy atom. The summed E-state index contributed by atoms with van der Waals surface area (Å²) in [7, 11) is 0. The van der Waals surface area contributed by atoms with Gasteiger partial charge in [-0.05, 0) is 48.4 Å². The van der Waals surface area contributed by atoms with Gasteiger partial charge in [0.15, 0.2) is 0 Å². The highest BCUT2D eigenvalue weighted by molar-refractivity contribution is 6.35. The molecular formula is C25H24Cl2N4O. The van der Waals surface area contributed by atoms with Crippen molar-refractivity contribution < 1.29 is 4.79 Å². The molecule has 2 aromatic heterocycles. The van der Waals surface area contributed by atoms with E-state index in [9.17, 15) is 4.79 Å². The number of pyridine rings is 1. The van der Waals surface area contributed by atoms with Gasteiger partial charge in [0.25, 0.3) is 0 Å². The summed E-state index contributed by atoms with van der Waals surface area (Å²) < 4.78 is 2.05. The number of rotatable bonds is 8. The SMILES string of the molecule is CCCC(C(=O)NCc1ccccn1)n1c(Cc2ccc(Cl)cc2Cl)nc2ccccc21. The van der Waals surface area contributed by atoms with Crippen LogP contribution in [0.1, 0.15) is 42.9 Å². The van der Waals surface area contributed by atoms with Gasteiger partial charge in [-0.25, -0.2) is 4.98 Å². The summed E-state index contributed by atoms with van der Waals surface area (Å²) in [6.07, 6.45) is 3.77. The molecule has 0 bridgehead atoms. The number of carbonyl (C=O) groups is 1. The Balaban J connectivity index is 1.70. The summed E-state index contributed by atoms with van der Waals surface area (Å²) in [4.78, 5) is 22.5. The third-order valence-corrected chi connectivity index (χ3v) is 5.97. The highest BCUT2D eigenvalue weighted by Crippen LogP contribution is 2.29. The number of carbonyl (C=O) groups excluding carboxylic acids is 1. The van der Waals surface area contributed by atoms with E-state index in [1.807, 2.05) is 54.6 Å². The predicted molar refractivity (Wildman–Crippen MR) is 129 cm³/mol. The molecule has 2 heterocycles. The second kappa shape index (κ2) is 10.2. The molecule has 4 rings (SSSR count). The van der Waals surface area contributed by atoms with Gasteiger partial charge in [0.05, 0.1) is 23.3 Å². The average Bonchev–Trinajstić information content (AvgIpc) is 3.16. The molecular weight excluding hydrogens is 443 g/mol. The van der Waals surface area contributed by atoms with Crippen molar-refractivity contribution in [2.24, 2.45) is 0 Å². The molecule has 2 aromatic carbocycles. The van der Waals surface area contributed by atoms with Crippen molar-refractivity contribution in [3.63, 3.8) is 0 Å². The van der Waals surface area contributed by atoms with E-state index in [4.69, 9.17) is 28.2 Å². The maximum atomic E-state index is 13.3. The van der Waals surface area contributed by atoms with E-state index in [1.54, 1.807) is 12.3 Å². The fourth-order valence-corrected chi connectivity index (χ4v) is 4.33. The van der Waals surface area contributed by atoms with Gasteiger partial charge in [0, 0.05) is 22.7 Å². The van der Waals surface area contributed by atoms with E-state index in [1.165, 1.54) is 0 Å². The lowest BCUT2D eigenvalue weighted by Crippen LogP contribution is -2.33. The summed E-state index contributed by atoms with van der Waals surface area (Å²) in [6, 6.07) is 18.6. The number of hydrogen-bond acceptors (Lipinski definition) is 3. The quantitative estimate of drug-likeness (QED) is 0.347. The molecule has 32 heavy (non-hydrogen) atoms. The number of fused-ring (bicyclic) bond motifs is 1. The number of imidazole rings is 1. The molecule has 0 fully saturated rings. The standard InChI is InChI=1S/C25H24Cl2N4O/c1-2-7-23(25(32)29-16-19-8-5-6-13-28-19)31-22-10-4-3-9-21(22)30-24(31)14-17-11-12-18(26)15-20(17)27/h3-6,8-13,15,23H,2,7,14,16H2,1H3,(H,29,32). The van der Waals surface area contributed by atoms with Crippen molar-refractivity contribution in [1.29, 1.82) is 0 Å². The van der Waals surface area contributed by atoms with E-state index in [-0.39, 0.29) is 5.91 Å². The van der Waals surface area contributed by atoms with Crippen LogP contribution in [-0.4, -0.2) is 20.4 Å². The molecule has 7 heteroatoms. The Hall–Kier alpha value is -2.89. The van der Waals surface area contributed by atoms with E-state index >= 15 is 0 Å². The molecule has 0 radical (unpaired) electrons. The van der Waals surface area contributed by atoms with Crippen molar-refractivity contribution in [3.05, 3.63) is 94.0 Å². The maximum absolute atomic E-state index is 13.3. The van der Waals surface area contributed by atoms with Gasteiger partial charge in [-0.2, -0.15) is 0 Å². The molecule has 0 saturated carbocycles. The maximum Gasteiger partial charge on any atom is 0.243 e. The fourth-order valence-electron chi connectivity index (χ4n) is 3.85. The molecule has 0 aliphatic carbocycles. The normalized spacial score (nSPS) is 12.1. The number of amides is 1. The van der Waals surface area contributed by atoms with Crippen LogP contribution in [0, 0.1) is 0 Å². The van der Waals surface area contributed by atoms with Gasteiger partial charge in [0.2, 0.25) is 5.91 Å². The minimum atomic E-state index is -0.391. The van der Waals surface area contributed by atoms with Crippen molar-refractivity contribution >= 4 is 40.1 Å². The number of halogens is 2. The lowest BCUT2D eigenvalue weighted by molar-refractivity contribution is -0.124. The lowest BCUT2D eigenvalue weighted by atomic mass is 10.1. The highest BCUT2D eigenvalue weighted by Gasteiger charge is 2.25. The second-order valence-electron chi connectivity index (χ2n) is 7.64. The van der Waals surface area contributed by atoms with E-state index in [0.29, 0.717) is 29.4 Å². The number of hydrogen-bond donors (Lipinski definition) is 1.